The number of Topliss-reactive ketones (excluding diaryl/α,β-unsaturated/α-hetero) is 1. The van der Waals surface area contributed by atoms with Crippen LogP contribution >= 0.6 is 0 Å². The fourth-order valence-corrected chi connectivity index (χ4v) is 5.53. The van der Waals surface area contributed by atoms with Crippen molar-refractivity contribution in [3.63, 3.8) is 0 Å². The Hall–Kier alpha value is -5.85. The van der Waals surface area contributed by atoms with Crippen molar-refractivity contribution in [1.29, 1.82) is 0 Å². The van der Waals surface area contributed by atoms with Crippen LogP contribution in [-0.4, -0.2) is 116 Å². The van der Waals surface area contributed by atoms with E-state index in [9.17, 15) is 37.1 Å². The Kier molecular flexibility index (Phi) is 13.2. The third-order valence-electron chi connectivity index (χ3n) is 7.86. The van der Waals surface area contributed by atoms with E-state index in [-0.39, 0.29) is 43.4 Å². The lowest BCUT2D eigenvalue weighted by atomic mass is 10.1. The van der Waals surface area contributed by atoms with E-state index in [0.717, 1.165) is 22.2 Å². The van der Waals surface area contributed by atoms with Crippen molar-refractivity contribution in [3.8, 4) is 11.7 Å². The Bertz CT molecular complexity index is 1800. The maximum absolute atomic E-state index is 13.8. The highest BCUT2D eigenvalue weighted by Gasteiger charge is 2.44. The van der Waals surface area contributed by atoms with Gasteiger partial charge in [-0.15, -0.1) is 0 Å². The number of alkyl halides is 3. The largest absolute Gasteiger partial charge is 0.481 e. The molecule has 0 unspecified atom stereocenters. The molecule has 0 bridgehead atoms. The minimum absolute atomic E-state index is 0.0275. The van der Waals surface area contributed by atoms with Gasteiger partial charge < -0.3 is 25.4 Å². The summed E-state index contributed by atoms with van der Waals surface area (Å²) in [5, 5.41) is 18.3. The number of aromatic nitrogens is 3. The van der Waals surface area contributed by atoms with Gasteiger partial charge in [-0.1, -0.05) is 18.2 Å². The average molecular weight is 745 g/mol. The Morgan fingerprint density at radius 1 is 1.06 bits per heavy atom. The number of carbonyl (C=O) groups is 6. The molecule has 0 spiro atoms. The SMILES string of the molecule is CC(=O)O.CN(C)Cc1ccc(C(=O)N[C@H]2CCC(=O)N3CCC[C@@H](C(=O)NCC(=O)COc4cc(C(F)(F)F)nn4-c4ccccn4)N3C2=O)cc1. The van der Waals surface area contributed by atoms with Crippen LogP contribution in [0.5, 0.6) is 5.88 Å². The van der Waals surface area contributed by atoms with Crippen molar-refractivity contribution in [1.82, 2.24) is 40.3 Å². The number of hydrogen-bond acceptors (Lipinski definition) is 10. The molecule has 1 aromatic carbocycles. The first-order chi connectivity index (χ1) is 25.0. The average Bonchev–Trinajstić information content (AvgIpc) is 3.51. The Morgan fingerprint density at radius 3 is 2.38 bits per heavy atom. The number of carboxylic acids is 1. The van der Waals surface area contributed by atoms with Crippen molar-refractivity contribution in [2.24, 2.45) is 0 Å². The molecule has 2 atom stereocenters. The van der Waals surface area contributed by atoms with Gasteiger partial charge in [-0.05, 0) is 63.2 Å². The first-order valence-corrected chi connectivity index (χ1v) is 16.4. The molecule has 2 aromatic heterocycles. The molecule has 4 heterocycles. The third kappa shape index (κ3) is 10.8. The van der Waals surface area contributed by atoms with Crippen molar-refractivity contribution in [3.05, 3.63) is 71.5 Å². The molecule has 19 heteroatoms. The van der Waals surface area contributed by atoms with Gasteiger partial charge in [0.25, 0.3) is 17.8 Å². The molecule has 4 amide bonds. The molecule has 3 aromatic rings. The second kappa shape index (κ2) is 17.6. The maximum Gasteiger partial charge on any atom is 0.435 e. The molecule has 2 aliphatic heterocycles. The molecule has 2 fully saturated rings. The molecule has 284 valence electrons. The van der Waals surface area contributed by atoms with Gasteiger partial charge in [0.1, 0.15) is 12.1 Å². The summed E-state index contributed by atoms with van der Waals surface area (Å²) in [6, 6.07) is 9.81. The number of rotatable bonds is 11. The quantitative estimate of drug-likeness (QED) is 0.259. The number of hydrazine groups is 1. The van der Waals surface area contributed by atoms with Gasteiger partial charge >= 0.3 is 6.18 Å². The molecular formula is C34H39F3N8O8. The number of aliphatic carboxylic acids is 1. The summed E-state index contributed by atoms with van der Waals surface area (Å²) in [5.74, 6) is -4.14. The molecule has 3 N–H and O–H groups in total. The van der Waals surface area contributed by atoms with Crippen LogP contribution in [-0.2, 0) is 36.7 Å². The van der Waals surface area contributed by atoms with Crippen molar-refractivity contribution < 1.29 is 51.8 Å². The number of pyridine rings is 1. The number of nitrogens with one attached hydrogen (secondary N) is 2. The lowest BCUT2D eigenvalue weighted by Crippen LogP contribution is -2.63. The molecule has 2 aliphatic rings. The number of ether oxygens (including phenoxy) is 1. The van der Waals surface area contributed by atoms with Crippen LogP contribution in [0.4, 0.5) is 13.2 Å². The molecule has 53 heavy (non-hydrogen) atoms. The van der Waals surface area contributed by atoms with E-state index in [1.165, 1.54) is 23.3 Å². The van der Waals surface area contributed by atoms with E-state index in [0.29, 0.717) is 24.6 Å². The van der Waals surface area contributed by atoms with Crippen LogP contribution in [0.2, 0.25) is 0 Å². The number of amides is 4. The van der Waals surface area contributed by atoms with Crippen LogP contribution < -0.4 is 15.4 Å². The first-order valence-electron chi connectivity index (χ1n) is 16.4. The lowest BCUT2D eigenvalue weighted by Gasteiger charge is -2.42. The summed E-state index contributed by atoms with van der Waals surface area (Å²) < 4.78 is 46.2. The predicted octanol–water partition coefficient (Wildman–Crippen LogP) is 1.83. The van der Waals surface area contributed by atoms with Crippen molar-refractivity contribution in [2.75, 3.05) is 33.8 Å². The number of carboxylic acid groups (broad SMARTS) is 1. The minimum atomic E-state index is -4.78. The fraction of sp³-hybridized carbons (Fsp3) is 0.412. The molecule has 0 saturated carbocycles. The van der Waals surface area contributed by atoms with E-state index >= 15 is 0 Å². The zero-order valence-corrected chi connectivity index (χ0v) is 29.1. The Labute approximate surface area is 301 Å². The van der Waals surface area contributed by atoms with Gasteiger partial charge in [0, 0.05) is 44.3 Å². The standard InChI is InChI=1S/C32H35F3N8O6.C2H4O2/c1-40(2)18-20-8-10-21(11-9-20)29(46)38-23-12-13-27(45)41-15-5-6-24(43(41)31(23)48)30(47)37-17-22(44)19-49-28-16-25(32(33,34)35)39-42(28)26-7-3-4-14-36-26;1-2(3)4/h3-4,7-11,14,16,23-24H,5-6,12-13,15,17-19H2,1-2H3,(H,37,47)(H,38,46);1H3,(H,3,4)/t23-,24-;/m0./s1. The lowest BCUT2D eigenvalue weighted by molar-refractivity contribution is -0.176. The number of benzene rings is 1. The number of hydrogen-bond donors (Lipinski definition) is 3. The Morgan fingerprint density at radius 2 is 1.75 bits per heavy atom. The molecular weight excluding hydrogens is 705 g/mol. The smallest absolute Gasteiger partial charge is 0.435 e. The number of fused-ring (bicyclic) bond motifs is 1. The van der Waals surface area contributed by atoms with Crippen LogP contribution in [0.3, 0.4) is 0 Å². The highest BCUT2D eigenvalue weighted by atomic mass is 19.4. The van der Waals surface area contributed by atoms with Gasteiger partial charge in [0.15, 0.2) is 23.9 Å². The third-order valence-corrected chi connectivity index (χ3v) is 7.86. The van der Waals surface area contributed by atoms with Gasteiger partial charge in [-0.25, -0.2) is 9.99 Å². The fourth-order valence-electron chi connectivity index (χ4n) is 5.53. The second-order valence-electron chi connectivity index (χ2n) is 12.4. The number of carbonyl (C=O) groups excluding carboxylic acids is 5. The highest BCUT2D eigenvalue weighted by Crippen LogP contribution is 2.32. The summed E-state index contributed by atoms with van der Waals surface area (Å²) in [6.07, 6.45) is -2.85. The van der Waals surface area contributed by atoms with Crippen LogP contribution in [0, 0.1) is 0 Å². The minimum Gasteiger partial charge on any atom is -0.481 e. The van der Waals surface area contributed by atoms with Crippen LogP contribution in [0.15, 0.2) is 54.7 Å². The van der Waals surface area contributed by atoms with Crippen LogP contribution in [0.1, 0.15) is 54.2 Å². The van der Waals surface area contributed by atoms with Crippen LogP contribution in [0.25, 0.3) is 5.82 Å². The highest BCUT2D eigenvalue weighted by molar-refractivity contribution is 6.00. The van der Waals surface area contributed by atoms with Crippen molar-refractivity contribution in [2.45, 2.75) is 57.4 Å². The maximum atomic E-state index is 13.8. The summed E-state index contributed by atoms with van der Waals surface area (Å²) in [4.78, 5) is 80.8. The zero-order chi connectivity index (χ0) is 38.9. The summed E-state index contributed by atoms with van der Waals surface area (Å²) >= 11 is 0. The molecule has 2 saturated heterocycles. The number of nitrogens with zero attached hydrogens (tertiary/aromatic N) is 6. The van der Waals surface area contributed by atoms with Gasteiger partial charge in [0.05, 0.1) is 6.54 Å². The number of ketones is 1. The first kappa shape index (κ1) is 39.9. The second-order valence-corrected chi connectivity index (χ2v) is 12.4. The summed E-state index contributed by atoms with van der Waals surface area (Å²) in [7, 11) is 3.84. The Balaban J connectivity index is 0.00000149. The topological polar surface area (TPSA) is 196 Å². The molecule has 0 radical (unpaired) electrons. The molecule has 16 nitrogen and oxygen atoms in total. The normalized spacial score (nSPS) is 17.3. The van der Waals surface area contributed by atoms with E-state index < -0.39 is 66.6 Å². The monoisotopic (exact) mass is 744 g/mol. The summed E-state index contributed by atoms with van der Waals surface area (Å²) in [5.41, 5.74) is 0.0705. The summed E-state index contributed by atoms with van der Waals surface area (Å²) in [6.45, 7) is 0.675. The van der Waals surface area contributed by atoms with E-state index in [1.807, 2.05) is 19.0 Å². The van der Waals surface area contributed by atoms with E-state index in [1.54, 1.807) is 30.3 Å². The van der Waals surface area contributed by atoms with Gasteiger partial charge in [-0.3, -0.25) is 33.8 Å². The van der Waals surface area contributed by atoms with E-state index in [4.69, 9.17) is 14.6 Å². The predicted molar refractivity (Wildman–Crippen MR) is 179 cm³/mol. The van der Waals surface area contributed by atoms with Gasteiger partial charge in [0.2, 0.25) is 17.7 Å². The number of halogens is 3. The molecule has 5 rings (SSSR count). The van der Waals surface area contributed by atoms with Gasteiger partial charge in [-0.2, -0.15) is 23.0 Å². The van der Waals surface area contributed by atoms with E-state index in [2.05, 4.69) is 20.7 Å². The molecule has 0 aliphatic carbocycles. The van der Waals surface area contributed by atoms with Crippen molar-refractivity contribution >= 4 is 35.4 Å². The zero-order valence-electron chi connectivity index (χ0n) is 29.1.